The molecule has 3 N–H and O–H groups in total. The van der Waals surface area contributed by atoms with Gasteiger partial charge >= 0.3 is 5.69 Å². The number of aromatic amines is 2. The van der Waals surface area contributed by atoms with Crippen molar-refractivity contribution in [2.45, 2.75) is 20.4 Å². The van der Waals surface area contributed by atoms with Crippen molar-refractivity contribution >= 4 is 39.7 Å². The van der Waals surface area contributed by atoms with Gasteiger partial charge in [-0.3, -0.25) is 0 Å². The van der Waals surface area contributed by atoms with E-state index in [2.05, 4.69) is 20.3 Å². The molecule has 5 nitrogen and oxygen atoms in total. The van der Waals surface area contributed by atoms with Crippen LogP contribution in [0.4, 0.5) is 5.69 Å². The van der Waals surface area contributed by atoms with Crippen LogP contribution >= 0.6 is 22.9 Å². The monoisotopic (exact) mass is 308 g/mol. The van der Waals surface area contributed by atoms with Crippen LogP contribution in [-0.4, -0.2) is 15.0 Å². The van der Waals surface area contributed by atoms with Crippen LogP contribution < -0.4 is 11.0 Å². The van der Waals surface area contributed by atoms with Gasteiger partial charge in [-0.1, -0.05) is 11.6 Å². The molecule has 1 aromatic carbocycles. The Morgan fingerprint density at radius 1 is 1.40 bits per heavy atom. The Bertz CT molecular complexity index is 833. The fourth-order valence-corrected chi connectivity index (χ4v) is 3.09. The Morgan fingerprint density at radius 2 is 2.20 bits per heavy atom. The first-order chi connectivity index (χ1) is 9.54. The van der Waals surface area contributed by atoms with Crippen LogP contribution in [0.3, 0.4) is 0 Å². The zero-order valence-electron chi connectivity index (χ0n) is 11.0. The lowest BCUT2D eigenvalue weighted by molar-refractivity contribution is 1.16. The summed E-state index contributed by atoms with van der Waals surface area (Å²) in [4.78, 5) is 22.1. The molecule has 0 spiro atoms. The van der Waals surface area contributed by atoms with Gasteiger partial charge in [-0.2, -0.15) is 0 Å². The average Bonchev–Trinajstić information content (AvgIpc) is 2.95. The maximum Gasteiger partial charge on any atom is 0.323 e. The molecular formula is C13H13ClN4OS. The standard InChI is InChI=1S/C13H13ClN4OS/c1-6-3-9-11(18-13(19)17-9)10(7(6)2)15-4-8-5-16-12(14)20-8/h3,5,15H,4H2,1-2H3,(H2,17,18,19). The van der Waals surface area contributed by atoms with E-state index in [9.17, 15) is 4.79 Å². The highest BCUT2D eigenvalue weighted by Gasteiger charge is 2.11. The fourth-order valence-electron chi connectivity index (χ4n) is 2.17. The lowest BCUT2D eigenvalue weighted by Crippen LogP contribution is -2.03. The molecule has 0 amide bonds. The molecule has 3 aromatic rings. The van der Waals surface area contributed by atoms with Crippen molar-refractivity contribution in [1.82, 2.24) is 15.0 Å². The smallest absolute Gasteiger partial charge is 0.323 e. The number of benzene rings is 1. The highest BCUT2D eigenvalue weighted by molar-refractivity contribution is 7.15. The first kappa shape index (κ1) is 13.2. The molecule has 7 heteroatoms. The molecule has 0 radical (unpaired) electrons. The summed E-state index contributed by atoms with van der Waals surface area (Å²) in [6, 6.07) is 1.97. The van der Waals surface area contributed by atoms with Gasteiger partial charge in [0.1, 0.15) is 0 Å². The maximum atomic E-state index is 11.5. The van der Waals surface area contributed by atoms with Gasteiger partial charge in [-0.15, -0.1) is 11.3 Å². The van der Waals surface area contributed by atoms with Gasteiger partial charge in [-0.05, 0) is 31.0 Å². The van der Waals surface area contributed by atoms with Crippen LogP contribution in [0.25, 0.3) is 11.0 Å². The molecular weight excluding hydrogens is 296 g/mol. The van der Waals surface area contributed by atoms with E-state index in [0.717, 1.165) is 32.7 Å². The second-order valence-corrected chi connectivity index (χ2v) is 6.33. The number of hydrogen-bond acceptors (Lipinski definition) is 4. The van der Waals surface area contributed by atoms with E-state index in [1.165, 1.54) is 11.3 Å². The first-order valence-electron chi connectivity index (χ1n) is 6.11. The second-order valence-electron chi connectivity index (χ2n) is 4.63. The Kier molecular flexibility index (Phi) is 3.27. The molecule has 0 aliphatic heterocycles. The van der Waals surface area contributed by atoms with E-state index in [4.69, 9.17) is 11.6 Å². The lowest BCUT2D eigenvalue weighted by atomic mass is 10.1. The Balaban J connectivity index is 2.01. The highest BCUT2D eigenvalue weighted by Crippen LogP contribution is 2.28. The van der Waals surface area contributed by atoms with Gasteiger partial charge < -0.3 is 15.3 Å². The van der Waals surface area contributed by atoms with E-state index in [1.54, 1.807) is 6.20 Å². The molecule has 0 saturated heterocycles. The van der Waals surface area contributed by atoms with E-state index >= 15 is 0 Å². The molecule has 0 fully saturated rings. The van der Waals surface area contributed by atoms with Crippen LogP contribution in [0.2, 0.25) is 4.47 Å². The van der Waals surface area contributed by atoms with E-state index in [0.29, 0.717) is 11.0 Å². The quantitative estimate of drug-likeness (QED) is 0.695. The van der Waals surface area contributed by atoms with Crippen LogP contribution in [0.1, 0.15) is 16.0 Å². The van der Waals surface area contributed by atoms with E-state index in [1.807, 2.05) is 19.9 Å². The SMILES string of the molecule is Cc1cc2[nH]c(=O)[nH]c2c(NCc2cnc(Cl)s2)c1C. The van der Waals surface area contributed by atoms with Crippen molar-refractivity contribution in [2.24, 2.45) is 0 Å². The second kappa shape index (κ2) is 4.96. The molecule has 20 heavy (non-hydrogen) atoms. The number of anilines is 1. The molecule has 104 valence electrons. The minimum Gasteiger partial charge on any atom is -0.378 e. The predicted octanol–water partition coefficient (Wildman–Crippen LogP) is 3.20. The molecule has 3 rings (SSSR count). The Hall–Kier alpha value is -1.79. The summed E-state index contributed by atoms with van der Waals surface area (Å²) in [6.45, 7) is 4.67. The van der Waals surface area contributed by atoms with Crippen molar-refractivity contribution in [3.05, 3.63) is 43.2 Å². The van der Waals surface area contributed by atoms with Crippen molar-refractivity contribution < 1.29 is 0 Å². The number of nitrogens with one attached hydrogen (secondary N) is 3. The zero-order valence-corrected chi connectivity index (χ0v) is 12.6. The third kappa shape index (κ3) is 2.32. The number of thiazole rings is 1. The molecule has 0 aliphatic rings. The number of nitrogens with zero attached hydrogens (tertiary/aromatic N) is 1. The normalized spacial score (nSPS) is 11.2. The summed E-state index contributed by atoms with van der Waals surface area (Å²) in [7, 11) is 0. The number of halogens is 1. The first-order valence-corrected chi connectivity index (χ1v) is 7.30. The van der Waals surface area contributed by atoms with Crippen LogP contribution in [0.5, 0.6) is 0 Å². The van der Waals surface area contributed by atoms with Gasteiger partial charge in [0, 0.05) is 11.1 Å². The number of fused-ring (bicyclic) bond motifs is 1. The van der Waals surface area contributed by atoms with Crippen LogP contribution in [0, 0.1) is 13.8 Å². The van der Waals surface area contributed by atoms with Gasteiger partial charge in [0.05, 0.1) is 23.3 Å². The summed E-state index contributed by atoms with van der Waals surface area (Å²) in [5.41, 5.74) is 4.58. The number of aromatic nitrogens is 3. The molecule has 0 aliphatic carbocycles. The van der Waals surface area contributed by atoms with E-state index in [-0.39, 0.29) is 5.69 Å². The third-order valence-electron chi connectivity index (χ3n) is 3.30. The maximum absolute atomic E-state index is 11.5. The van der Waals surface area contributed by atoms with Gasteiger partial charge in [0.25, 0.3) is 0 Å². The fraction of sp³-hybridized carbons (Fsp3) is 0.231. The number of imidazole rings is 1. The number of rotatable bonds is 3. The van der Waals surface area contributed by atoms with Crippen molar-refractivity contribution in [1.29, 1.82) is 0 Å². The average molecular weight is 309 g/mol. The summed E-state index contributed by atoms with van der Waals surface area (Å²) in [5, 5.41) is 3.36. The molecule has 2 heterocycles. The van der Waals surface area contributed by atoms with Crippen molar-refractivity contribution in [3.8, 4) is 0 Å². The predicted molar refractivity (Wildman–Crippen MR) is 82.8 cm³/mol. The zero-order chi connectivity index (χ0) is 14.3. The number of H-pyrrole nitrogens is 2. The van der Waals surface area contributed by atoms with Crippen molar-refractivity contribution in [2.75, 3.05) is 5.32 Å². The van der Waals surface area contributed by atoms with Crippen LogP contribution in [0.15, 0.2) is 17.1 Å². The highest BCUT2D eigenvalue weighted by atomic mass is 35.5. The number of aryl methyl sites for hydroxylation is 1. The van der Waals surface area contributed by atoms with Crippen LogP contribution in [-0.2, 0) is 6.54 Å². The summed E-state index contributed by atoms with van der Waals surface area (Å²) in [5.74, 6) is 0. The van der Waals surface area contributed by atoms with Gasteiger partial charge in [0.15, 0.2) is 4.47 Å². The summed E-state index contributed by atoms with van der Waals surface area (Å²) in [6.07, 6.45) is 1.75. The Morgan fingerprint density at radius 3 is 2.90 bits per heavy atom. The molecule has 2 aromatic heterocycles. The summed E-state index contributed by atoms with van der Waals surface area (Å²) >= 11 is 7.26. The summed E-state index contributed by atoms with van der Waals surface area (Å²) < 4.78 is 0.531. The minimum absolute atomic E-state index is 0.200. The largest absolute Gasteiger partial charge is 0.378 e. The van der Waals surface area contributed by atoms with Gasteiger partial charge in [0.2, 0.25) is 0 Å². The minimum atomic E-state index is -0.200. The molecule has 0 unspecified atom stereocenters. The van der Waals surface area contributed by atoms with E-state index < -0.39 is 0 Å². The Labute approximate surface area is 124 Å². The molecule has 0 atom stereocenters. The lowest BCUT2D eigenvalue weighted by Gasteiger charge is -2.12. The molecule has 0 bridgehead atoms. The third-order valence-corrected chi connectivity index (χ3v) is 4.41. The molecule has 0 saturated carbocycles. The topological polar surface area (TPSA) is 73.6 Å². The van der Waals surface area contributed by atoms with Crippen molar-refractivity contribution in [3.63, 3.8) is 0 Å². The van der Waals surface area contributed by atoms with Gasteiger partial charge in [-0.25, -0.2) is 9.78 Å². The number of hydrogen-bond donors (Lipinski definition) is 3.